The number of allylic oxidation sites excluding steroid dienone is 2. The summed E-state index contributed by atoms with van der Waals surface area (Å²) in [4.78, 5) is 25.9. The van der Waals surface area contributed by atoms with E-state index >= 15 is 0 Å². The SMILES string of the molecule is C/C=C(\C)C(=O)c1c(OC)cc(O[Si](C(C)C)(C(C)C)C(C)C)c2c(CCC)cc(=O)oc12. The molecule has 1 heterocycles. The van der Waals surface area contributed by atoms with Gasteiger partial charge in [0.05, 0.1) is 12.5 Å². The van der Waals surface area contributed by atoms with Gasteiger partial charge in [0.2, 0.25) is 0 Å². The van der Waals surface area contributed by atoms with Crippen LogP contribution in [0.1, 0.15) is 84.7 Å². The normalized spacial score (nSPS) is 12.8. The van der Waals surface area contributed by atoms with E-state index in [2.05, 4.69) is 48.5 Å². The van der Waals surface area contributed by atoms with Gasteiger partial charge in [-0.1, -0.05) is 61.0 Å². The Balaban J connectivity index is 3.05. The number of hydrogen-bond acceptors (Lipinski definition) is 5. The van der Waals surface area contributed by atoms with Crippen LogP contribution < -0.4 is 14.8 Å². The van der Waals surface area contributed by atoms with Crippen LogP contribution in [0.3, 0.4) is 0 Å². The van der Waals surface area contributed by atoms with E-state index in [4.69, 9.17) is 13.6 Å². The fourth-order valence-electron chi connectivity index (χ4n) is 5.16. The number of Topliss-reactive ketones (excluding diaryl/α,β-unsaturated/α-hetero) is 1. The standard InChI is InChI=1S/C27H40O5Si/c1-11-13-20-14-23(28)31-27-24(20)22(32-33(16(3)4,17(5)6)18(7)8)15-21(30-10)25(27)26(29)19(9)12-2/h12,14-18H,11,13H2,1-10H3/b19-12+. The van der Waals surface area contributed by atoms with Crippen LogP contribution in [-0.4, -0.2) is 21.2 Å². The van der Waals surface area contributed by atoms with E-state index in [0.717, 1.165) is 12.0 Å². The van der Waals surface area contributed by atoms with Crippen molar-refractivity contribution in [1.82, 2.24) is 0 Å². The second-order valence-electron chi connectivity index (χ2n) is 9.72. The first-order valence-corrected chi connectivity index (χ1v) is 14.1. The van der Waals surface area contributed by atoms with Gasteiger partial charge in [0, 0.05) is 12.1 Å². The molecule has 0 atom stereocenters. The number of fused-ring (bicyclic) bond motifs is 1. The van der Waals surface area contributed by atoms with Crippen molar-refractivity contribution in [2.24, 2.45) is 0 Å². The van der Waals surface area contributed by atoms with Crippen molar-refractivity contribution < 1.29 is 18.4 Å². The molecule has 0 N–H and O–H groups in total. The smallest absolute Gasteiger partial charge is 0.336 e. The molecule has 0 amide bonds. The lowest BCUT2D eigenvalue weighted by Crippen LogP contribution is -2.50. The molecule has 6 heteroatoms. The van der Waals surface area contributed by atoms with Gasteiger partial charge in [0.1, 0.15) is 17.1 Å². The summed E-state index contributed by atoms with van der Waals surface area (Å²) in [5, 5.41) is 0.711. The molecule has 0 saturated carbocycles. The number of rotatable bonds is 10. The van der Waals surface area contributed by atoms with Crippen molar-refractivity contribution in [3.8, 4) is 11.5 Å². The van der Waals surface area contributed by atoms with E-state index in [-0.39, 0.29) is 16.9 Å². The first-order chi connectivity index (χ1) is 15.5. The first kappa shape index (κ1) is 26.9. The van der Waals surface area contributed by atoms with Crippen LogP contribution in [0.4, 0.5) is 0 Å². The van der Waals surface area contributed by atoms with Gasteiger partial charge in [-0.2, -0.15) is 0 Å². The Morgan fingerprint density at radius 1 is 1.06 bits per heavy atom. The zero-order chi connectivity index (χ0) is 25.1. The summed E-state index contributed by atoms with van der Waals surface area (Å²) in [7, 11) is -0.799. The maximum Gasteiger partial charge on any atom is 0.336 e. The minimum Gasteiger partial charge on any atom is -0.542 e. The quantitative estimate of drug-likeness (QED) is 0.155. The predicted molar refractivity (Wildman–Crippen MR) is 138 cm³/mol. The second-order valence-corrected chi connectivity index (χ2v) is 15.1. The summed E-state index contributed by atoms with van der Waals surface area (Å²) in [5.74, 6) is 0.786. The number of ketones is 1. The summed E-state index contributed by atoms with van der Waals surface area (Å²) >= 11 is 0. The maximum atomic E-state index is 13.3. The highest BCUT2D eigenvalue weighted by Gasteiger charge is 2.47. The van der Waals surface area contributed by atoms with Crippen molar-refractivity contribution in [2.45, 2.75) is 91.8 Å². The van der Waals surface area contributed by atoms with E-state index < -0.39 is 13.9 Å². The Kier molecular flexibility index (Phi) is 8.74. The van der Waals surface area contributed by atoms with Crippen molar-refractivity contribution in [3.05, 3.63) is 45.3 Å². The number of carbonyl (C=O) groups excluding carboxylic acids is 1. The Bertz CT molecular complexity index is 1070. The van der Waals surface area contributed by atoms with E-state index in [1.54, 1.807) is 13.0 Å². The van der Waals surface area contributed by atoms with E-state index in [0.29, 0.717) is 45.5 Å². The van der Waals surface area contributed by atoms with Gasteiger partial charge in [-0.3, -0.25) is 4.79 Å². The zero-order valence-corrected chi connectivity index (χ0v) is 22.9. The van der Waals surface area contributed by atoms with Crippen LogP contribution >= 0.6 is 0 Å². The van der Waals surface area contributed by atoms with E-state index in [1.807, 2.05) is 13.0 Å². The largest absolute Gasteiger partial charge is 0.542 e. The number of benzene rings is 1. The maximum absolute atomic E-state index is 13.3. The van der Waals surface area contributed by atoms with Crippen molar-refractivity contribution in [2.75, 3.05) is 7.11 Å². The third-order valence-corrected chi connectivity index (χ3v) is 12.8. The van der Waals surface area contributed by atoms with Crippen molar-refractivity contribution in [1.29, 1.82) is 0 Å². The molecular formula is C27H40O5Si. The van der Waals surface area contributed by atoms with Gasteiger partial charge in [-0.25, -0.2) is 4.79 Å². The highest BCUT2D eigenvalue weighted by molar-refractivity contribution is 6.78. The lowest BCUT2D eigenvalue weighted by Gasteiger charge is -2.42. The van der Waals surface area contributed by atoms with Crippen LogP contribution in [0.15, 0.2) is 33.0 Å². The van der Waals surface area contributed by atoms with Crippen LogP contribution in [0.5, 0.6) is 11.5 Å². The third-order valence-electron chi connectivity index (χ3n) is 6.78. The average Bonchev–Trinajstić information content (AvgIpc) is 2.74. The summed E-state index contributed by atoms with van der Waals surface area (Å²) in [6.07, 6.45) is 3.28. The Labute approximate surface area is 199 Å². The molecule has 0 radical (unpaired) electrons. The Morgan fingerprint density at radius 2 is 1.64 bits per heavy atom. The predicted octanol–water partition coefficient (Wildman–Crippen LogP) is 7.46. The number of ether oxygens (including phenoxy) is 1. The highest BCUT2D eigenvalue weighted by Crippen LogP contribution is 2.46. The first-order valence-electron chi connectivity index (χ1n) is 12.0. The monoisotopic (exact) mass is 472 g/mol. The number of aryl methyl sites for hydroxylation is 1. The number of hydrogen-bond donors (Lipinski definition) is 0. The van der Waals surface area contributed by atoms with Gasteiger partial charge >= 0.3 is 5.63 Å². The zero-order valence-electron chi connectivity index (χ0n) is 21.9. The van der Waals surface area contributed by atoms with Crippen LogP contribution in [0.2, 0.25) is 16.6 Å². The molecule has 2 aromatic rings. The van der Waals surface area contributed by atoms with Gasteiger partial charge in [0.25, 0.3) is 8.32 Å². The molecule has 0 bridgehead atoms. The molecule has 0 aliphatic heterocycles. The molecule has 0 fully saturated rings. The lowest BCUT2D eigenvalue weighted by atomic mass is 9.97. The summed E-state index contributed by atoms with van der Waals surface area (Å²) in [5.41, 5.74) is 2.52. The molecule has 1 aromatic heterocycles. The molecule has 0 unspecified atom stereocenters. The lowest BCUT2D eigenvalue weighted by molar-refractivity contribution is 0.103. The molecule has 182 valence electrons. The van der Waals surface area contributed by atoms with Crippen molar-refractivity contribution >= 4 is 25.1 Å². The van der Waals surface area contributed by atoms with E-state index in [1.165, 1.54) is 13.2 Å². The number of methoxy groups -OCH3 is 1. The topological polar surface area (TPSA) is 65.7 Å². The Hall–Kier alpha value is -2.34. The minimum atomic E-state index is -2.33. The van der Waals surface area contributed by atoms with Gasteiger partial charge in [-0.15, -0.1) is 0 Å². The molecule has 0 saturated heterocycles. The molecule has 2 rings (SSSR count). The second kappa shape index (κ2) is 10.7. The summed E-state index contributed by atoms with van der Waals surface area (Å²) < 4.78 is 18.5. The molecule has 5 nitrogen and oxygen atoms in total. The van der Waals surface area contributed by atoms with Gasteiger partial charge < -0.3 is 13.6 Å². The summed E-state index contributed by atoms with van der Waals surface area (Å²) in [6.45, 7) is 19.0. The van der Waals surface area contributed by atoms with E-state index in [9.17, 15) is 9.59 Å². The fraction of sp³-hybridized carbons (Fsp3) is 0.556. The van der Waals surface area contributed by atoms with Gasteiger partial charge in [0.15, 0.2) is 11.4 Å². The van der Waals surface area contributed by atoms with Crippen molar-refractivity contribution in [3.63, 3.8) is 0 Å². The summed E-state index contributed by atoms with van der Waals surface area (Å²) in [6, 6.07) is 3.36. The minimum absolute atomic E-state index is 0.220. The average molecular weight is 473 g/mol. The molecule has 1 aromatic carbocycles. The molecule has 33 heavy (non-hydrogen) atoms. The van der Waals surface area contributed by atoms with Crippen LogP contribution in [0.25, 0.3) is 11.0 Å². The highest BCUT2D eigenvalue weighted by atomic mass is 28.4. The van der Waals surface area contributed by atoms with Crippen LogP contribution in [0, 0.1) is 0 Å². The Morgan fingerprint density at radius 3 is 2.09 bits per heavy atom. The van der Waals surface area contributed by atoms with Gasteiger partial charge in [-0.05, 0) is 48.0 Å². The van der Waals surface area contributed by atoms with Crippen LogP contribution in [-0.2, 0) is 6.42 Å². The molecular weight excluding hydrogens is 432 g/mol. The molecule has 0 aliphatic carbocycles. The molecule has 0 aliphatic rings. The number of carbonyl (C=O) groups is 1. The molecule has 0 spiro atoms. The third kappa shape index (κ3) is 4.96. The fourth-order valence-corrected chi connectivity index (χ4v) is 10.4.